The molecule has 1 aromatic heterocycles. The van der Waals surface area contributed by atoms with Crippen LogP contribution in [-0.2, 0) is 36.9 Å². The van der Waals surface area contributed by atoms with Gasteiger partial charge in [0.15, 0.2) is 5.69 Å². The molecule has 0 N–H and O–H groups in total. The second kappa shape index (κ2) is 8.55. The number of carbonyl (C=O) groups excluding carboxylic acids is 2. The molecule has 1 heterocycles. The number of sulfone groups is 1. The van der Waals surface area contributed by atoms with E-state index >= 15 is 0 Å². The minimum Gasteiger partial charge on any atom is -0.473 e. The van der Waals surface area contributed by atoms with Gasteiger partial charge in [-0.25, -0.2) is 13.4 Å². The predicted octanol–water partition coefficient (Wildman–Crippen LogP) is 1.93. The predicted molar refractivity (Wildman–Crippen MR) is 91.7 cm³/mol. The first-order valence-electron chi connectivity index (χ1n) is 7.87. The monoisotopic (exact) mass is 432 g/mol. The minimum absolute atomic E-state index is 0.225. The Morgan fingerprint density at radius 3 is 2.45 bits per heavy atom. The lowest BCUT2D eigenvalue weighted by Gasteiger charge is -2.15. The summed E-state index contributed by atoms with van der Waals surface area (Å²) in [6.07, 6.45) is -3.91. The topological polar surface area (TPSA) is 113 Å². The van der Waals surface area contributed by atoms with E-state index in [4.69, 9.17) is 4.74 Å². The van der Waals surface area contributed by atoms with Crippen LogP contribution in [0.3, 0.4) is 0 Å². The van der Waals surface area contributed by atoms with Crippen molar-refractivity contribution in [2.75, 3.05) is 13.4 Å². The summed E-state index contributed by atoms with van der Waals surface area (Å²) in [5.41, 5.74) is -0.970. The maximum absolute atomic E-state index is 13.0. The van der Waals surface area contributed by atoms with Gasteiger partial charge in [-0.3, -0.25) is 4.79 Å². The summed E-state index contributed by atoms with van der Waals surface area (Å²) in [6, 6.07) is 6.50. The number of carbonyl (C=O) groups is 2. The van der Waals surface area contributed by atoms with Gasteiger partial charge in [-0.2, -0.15) is 18.2 Å². The third kappa shape index (κ3) is 5.50. The summed E-state index contributed by atoms with van der Waals surface area (Å²) in [5, 5.41) is -1.05. The average molecular weight is 432 g/mol. The standard InChI is InChI=1S/C17H15F3N2O6S/c1-27-15(24)12(8-23)11-6-4-3-5-10(11)9-28-14-7-13(17(18,19)20)21-16(22-14)29(2,25)26/h3-8,12H,9H2,1-2H3. The number of halogens is 3. The molecule has 0 bridgehead atoms. The summed E-state index contributed by atoms with van der Waals surface area (Å²) in [7, 11) is -3.04. The zero-order chi connectivity index (χ0) is 21.8. The number of benzene rings is 1. The molecule has 0 radical (unpaired) electrons. The molecule has 156 valence electrons. The SMILES string of the molecule is COC(=O)C(C=O)c1ccccc1COc1cc(C(F)(F)F)nc(S(C)(=O)=O)n1. The molecule has 0 amide bonds. The lowest BCUT2D eigenvalue weighted by molar-refractivity contribution is -0.144. The van der Waals surface area contributed by atoms with Crippen molar-refractivity contribution in [1.82, 2.24) is 9.97 Å². The van der Waals surface area contributed by atoms with Gasteiger partial charge in [0.1, 0.15) is 18.8 Å². The third-order valence-electron chi connectivity index (χ3n) is 3.66. The molecular formula is C17H15F3N2O6S. The van der Waals surface area contributed by atoms with E-state index in [-0.39, 0.29) is 5.56 Å². The van der Waals surface area contributed by atoms with E-state index in [1.165, 1.54) is 12.1 Å². The van der Waals surface area contributed by atoms with E-state index in [0.29, 0.717) is 24.2 Å². The van der Waals surface area contributed by atoms with Gasteiger partial charge < -0.3 is 14.3 Å². The Bertz CT molecular complexity index is 1020. The highest BCUT2D eigenvalue weighted by molar-refractivity contribution is 7.90. The van der Waals surface area contributed by atoms with Crippen LogP contribution in [0.25, 0.3) is 0 Å². The molecule has 1 aromatic carbocycles. The van der Waals surface area contributed by atoms with E-state index in [2.05, 4.69) is 14.7 Å². The van der Waals surface area contributed by atoms with Crippen molar-refractivity contribution in [3.05, 3.63) is 47.2 Å². The number of alkyl halides is 3. The van der Waals surface area contributed by atoms with Gasteiger partial charge in [-0.15, -0.1) is 0 Å². The number of hydrogen-bond donors (Lipinski definition) is 0. The summed E-state index contributed by atoms with van der Waals surface area (Å²) in [4.78, 5) is 29.6. The molecule has 8 nitrogen and oxygen atoms in total. The number of hydrogen-bond acceptors (Lipinski definition) is 8. The first-order valence-corrected chi connectivity index (χ1v) is 9.76. The van der Waals surface area contributed by atoms with E-state index < -0.39 is 51.2 Å². The van der Waals surface area contributed by atoms with Crippen LogP contribution in [0.1, 0.15) is 22.7 Å². The molecule has 0 aliphatic rings. The van der Waals surface area contributed by atoms with Crippen LogP contribution < -0.4 is 4.74 Å². The number of rotatable bonds is 7. The van der Waals surface area contributed by atoms with Crippen molar-refractivity contribution in [1.29, 1.82) is 0 Å². The van der Waals surface area contributed by atoms with E-state index in [1.54, 1.807) is 12.1 Å². The first-order chi connectivity index (χ1) is 13.5. The normalized spacial score (nSPS) is 12.9. The summed E-state index contributed by atoms with van der Waals surface area (Å²) in [6.45, 7) is -0.394. The van der Waals surface area contributed by atoms with Gasteiger partial charge in [0, 0.05) is 12.3 Å². The maximum atomic E-state index is 13.0. The van der Waals surface area contributed by atoms with Crippen molar-refractivity contribution in [2.24, 2.45) is 0 Å². The summed E-state index contributed by atoms with van der Waals surface area (Å²) in [5.74, 6) is -2.72. The van der Waals surface area contributed by atoms with Gasteiger partial charge >= 0.3 is 12.1 Å². The fourth-order valence-electron chi connectivity index (χ4n) is 2.29. The van der Waals surface area contributed by atoms with Gasteiger partial charge in [0.25, 0.3) is 5.16 Å². The first kappa shape index (κ1) is 22.3. The van der Waals surface area contributed by atoms with Crippen LogP contribution in [0.4, 0.5) is 13.2 Å². The molecule has 12 heteroatoms. The molecule has 0 saturated carbocycles. The lowest BCUT2D eigenvalue weighted by Crippen LogP contribution is -2.18. The number of methoxy groups -OCH3 is 1. The Hall–Kier alpha value is -3.02. The molecule has 0 spiro atoms. The molecule has 1 unspecified atom stereocenters. The fraction of sp³-hybridized carbons (Fsp3) is 0.294. The maximum Gasteiger partial charge on any atom is 0.433 e. The molecule has 29 heavy (non-hydrogen) atoms. The highest BCUT2D eigenvalue weighted by Gasteiger charge is 2.35. The largest absolute Gasteiger partial charge is 0.473 e. The van der Waals surface area contributed by atoms with Crippen LogP contribution in [0.2, 0.25) is 0 Å². The number of aldehydes is 1. The van der Waals surface area contributed by atoms with Gasteiger partial charge in [-0.1, -0.05) is 24.3 Å². The van der Waals surface area contributed by atoms with Crippen LogP contribution >= 0.6 is 0 Å². The van der Waals surface area contributed by atoms with Crippen molar-refractivity contribution < 1.29 is 40.7 Å². The van der Waals surface area contributed by atoms with Crippen LogP contribution in [0, 0.1) is 0 Å². The molecule has 0 aliphatic heterocycles. The second-order valence-electron chi connectivity index (χ2n) is 5.77. The Morgan fingerprint density at radius 1 is 1.24 bits per heavy atom. The summed E-state index contributed by atoms with van der Waals surface area (Å²) < 4.78 is 72.0. The molecule has 0 fully saturated rings. The molecule has 1 atom stereocenters. The van der Waals surface area contributed by atoms with Gasteiger partial charge in [-0.05, 0) is 11.1 Å². The Labute approximate surface area is 163 Å². The smallest absolute Gasteiger partial charge is 0.433 e. The Balaban J connectivity index is 2.40. The van der Waals surface area contributed by atoms with Crippen molar-refractivity contribution in [3.63, 3.8) is 0 Å². The molecule has 0 saturated heterocycles. The van der Waals surface area contributed by atoms with Crippen LogP contribution in [0.5, 0.6) is 5.88 Å². The summed E-state index contributed by atoms with van der Waals surface area (Å²) >= 11 is 0. The number of ether oxygens (including phenoxy) is 2. The second-order valence-corrected chi connectivity index (χ2v) is 7.68. The quantitative estimate of drug-likeness (QED) is 0.282. The fourth-order valence-corrected chi connectivity index (χ4v) is 2.81. The van der Waals surface area contributed by atoms with Crippen molar-refractivity contribution in [3.8, 4) is 5.88 Å². The molecular weight excluding hydrogens is 417 g/mol. The zero-order valence-electron chi connectivity index (χ0n) is 15.1. The number of nitrogens with zero attached hydrogens (tertiary/aromatic N) is 2. The highest BCUT2D eigenvalue weighted by Crippen LogP contribution is 2.30. The Morgan fingerprint density at radius 2 is 1.90 bits per heavy atom. The van der Waals surface area contributed by atoms with E-state index in [1.807, 2.05) is 0 Å². The highest BCUT2D eigenvalue weighted by atomic mass is 32.2. The van der Waals surface area contributed by atoms with E-state index in [9.17, 15) is 31.2 Å². The van der Waals surface area contributed by atoms with Crippen molar-refractivity contribution >= 4 is 22.1 Å². The van der Waals surface area contributed by atoms with Crippen molar-refractivity contribution in [2.45, 2.75) is 23.9 Å². The molecule has 2 rings (SSSR count). The van der Waals surface area contributed by atoms with Gasteiger partial charge in [0.2, 0.25) is 15.7 Å². The molecule has 0 aliphatic carbocycles. The number of aromatic nitrogens is 2. The van der Waals surface area contributed by atoms with Crippen LogP contribution in [0.15, 0.2) is 35.5 Å². The van der Waals surface area contributed by atoms with Crippen LogP contribution in [-0.4, -0.2) is 44.0 Å². The molecule has 2 aromatic rings. The number of esters is 1. The Kier molecular flexibility index (Phi) is 6.57. The average Bonchev–Trinajstić information content (AvgIpc) is 2.66. The van der Waals surface area contributed by atoms with E-state index in [0.717, 1.165) is 7.11 Å². The van der Waals surface area contributed by atoms with Gasteiger partial charge in [0.05, 0.1) is 7.11 Å². The lowest BCUT2D eigenvalue weighted by atomic mass is 9.95. The minimum atomic E-state index is -4.92. The third-order valence-corrected chi connectivity index (χ3v) is 4.51. The zero-order valence-corrected chi connectivity index (χ0v) is 16.0.